The van der Waals surface area contributed by atoms with Crippen molar-refractivity contribution >= 4 is 29.7 Å². The van der Waals surface area contributed by atoms with Crippen LogP contribution in [0.15, 0.2) is 77.7 Å². The van der Waals surface area contributed by atoms with E-state index in [-0.39, 0.29) is 17.9 Å². The molecule has 2 atom stereocenters. The van der Waals surface area contributed by atoms with E-state index in [4.69, 9.17) is 4.74 Å². The van der Waals surface area contributed by atoms with Crippen molar-refractivity contribution in [3.05, 3.63) is 106 Å². The zero-order chi connectivity index (χ0) is 26.5. The van der Waals surface area contributed by atoms with Gasteiger partial charge in [0.25, 0.3) is 11.8 Å². The highest BCUT2D eigenvalue weighted by molar-refractivity contribution is 8.04. The standard InChI is InChI=1S/C32H34N2O3S/c1-22-8-7-9-24(18-22)21-34-27-11-4-6-13-29(27)38-30(32(34)36)19-23-14-16-25(17-15-23)31(35)33-20-26-10-3-5-12-28(26)37-2/h3,5,7-10,12,14-19,27,29H,4,6,11,13,20-21H2,1-2H3,(H,33,35)/b30-19+. The van der Waals surface area contributed by atoms with Gasteiger partial charge in [-0.05, 0) is 55.2 Å². The molecule has 1 aliphatic heterocycles. The van der Waals surface area contributed by atoms with Gasteiger partial charge in [0.2, 0.25) is 0 Å². The number of rotatable bonds is 7. The number of para-hydroxylation sites is 1. The fourth-order valence-electron chi connectivity index (χ4n) is 5.38. The number of ether oxygens (including phenoxy) is 1. The summed E-state index contributed by atoms with van der Waals surface area (Å²) >= 11 is 1.73. The third kappa shape index (κ3) is 5.97. The molecule has 1 N–H and O–H groups in total. The van der Waals surface area contributed by atoms with Crippen LogP contribution in [0.3, 0.4) is 0 Å². The number of hydrogen-bond donors (Lipinski definition) is 1. The van der Waals surface area contributed by atoms with E-state index >= 15 is 0 Å². The molecular formula is C32H34N2O3S. The van der Waals surface area contributed by atoms with E-state index in [0.29, 0.717) is 23.9 Å². The van der Waals surface area contributed by atoms with Crippen molar-refractivity contribution in [3.8, 4) is 5.75 Å². The number of nitrogens with one attached hydrogen (secondary N) is 1. The normalized spacial score (nSPS) is 20.2. The number of hydrogen-bond acceptors (Lipinski definition) is 4. The maximum Gasteiger partial charge on any atom is 0.260 e. The highest BCUT2D eigenvalue weighted by Gasteiger charge is 2.40. The molecule has 0 bridgehead atoms. The van der Waals surface area contributed by atoms with Crippen molar-refractivity contribution in [2.75, 3.05) is 7.11 Å². The van der Waals surface area contributed by atoms with Crippen LogP contribution < -0.4 is 10.1 Å². The number of amides is 2. The van der Waals surface area contributed by atoms with Gasteiger partial charge < -0.3 is 15.0 Å². The van der Waals surface area contributed by atoms with Gasteiger partial charge in [-0.1, -0.05) is 73.0 Å². The van der Waals surface area contributed by atoms with Gasteiger partial charge in [0, 0.05) is 35.5 Å². The summed E-state index contributed by atoms with van der Waals surface area (Å²) in [6.07, 6.45) is 6.58. The van der Waals surface area contributed by atoms with Gasteiger partial charge >= 0.3 is 0 Å². The molecular weight excluding hydrogens is 492 g/mol. The first-order chi connectivity index (χ1) is 18.5. The summed E-state index contributed by atoms with van der Waals surface area (Å²) in [4.78, 5) is 29.3. The Bertz CT molecular complexity index is 1330. The van der Waals surface area contributed by atoms with Crippen LogP contribution in [0.2, 0.25) is 0 Å². The number of methoxy groups -OCH3 is 1. The maximum atomic E-state index is 13.7. The minimum atomic E-state index is -0.146. The lowest BCUT2D eigenvalue weighted by atomic mass is 9.92. The van der Waals surface area contributed by atoms with Crippen LogP contribution >= 0.6 is 11.8 Å². The molecule has 2 amide bonds. The number of fused-ring (bicyclic) bond motifs is 1. The molecule has 0 spiro atoms. The molecule has 5 nitrogen and oxygen atoms in total. The fraction of sp³-hybridized carbons (Fsp3) is 0.312. The number of benzene rings is 3. The first-order valence-electron chi connectivity index (χ1n) is 13.3. The van der Waals surface area contributed by atoms with Gasteiger partial charge in [-0.15, -0.1) is 11.8 Å². The van der Waals surface area contributed by atoms with Gasteiger partial charge in [-0.3, -0.25) is 9.59 Å². The Labute approximate surface area is 229 Å². The molecule has 2 fully saturated rings. The van der Waals surface area contributed by atoms with E-state index in [1.165, 1.54) is 24.0 Å². The third-order valence-corrected chi connectivity index (χ3v) is 8.75. The first kappa shape index (κ1) is 26.1. The number of carbonyl (C=O) groups excluding carboxylic acids is 2. The van der Waals surface area contributed by atoms with E-state index in [1.54, 1.807) is 18.9 Å². The molecule has 1 aliphatic carbocycles. The van der Waals surface area contributed by atoms with E-state index in [1.807, 2.05) is 54.6 Å². The summed E-state index contributed by atoms with van der Waals surface area (Å²) in [5.41, 5.74) is 4.82. The molecule has 6 heteroatoms. The summed E-state index contributed by atoms with van der Waals surface area (Å²) in [6.45, 7) is 3.12. The molecule has 1 heterocycles. The molecule has 0 aromatic heterocycles. The van der Waals surface area contributed by atoms with E-state index < -0.39 is 0 Å². The largest absolute Gasteiger partial charge is 0.496 e. The van der Waals surface area contributed by atoms with Crippen LogP contribution in [-0.4, -0.2) is 35.1 Å². The number of thioether (sulfide) groups is 1. The molecule has 0 radical (unpaired) electrons. The van der Waals surface area contributed by atoms with Gasteiger partial charge in [0.15, 0.2) is 0 Å². The fourth-order valence-corrected chi connectivity index (χ4v) is 6.85. The summed E-state index contributed by atoms with van der Waals surface area (Å²) in [6, 6.07) is 23.8. The van der Waals surface area contributed by atoms with Crippen molar-refractivity contribution in [2.24, 2.45) is 0 Å². The number of nitrogens with zero attached hydrogens (tertiary/aromatic N) is 1. The lowest BCUT2D eigenvalue weighted by Crippen LogP contribution is -2.50. The van der Waals surface area contributed by atoms with Crippen molar-refractivity contribution in [1.82, 2.24) is 10.2 Å². The predicted molar refractivity (Wildman–Crippen MR) is 154 cm³/mol. The summed E-state index contributed by atoms with van der Waals surface area (Å²) in [5.74, 6) is 0.715. The molecule has 38 heavy (non-hydrogen) atoms. The zero-order valence-electron chi connectivity index (χ0n) is 22.0. The van der Waals surface area contributed by atoms with Crippen LogP contribution in [0.1, 0.15) is 58.3 Å². The molecule has 3 aromatic carbocycles. The molecule has 2 aliphatic rings. The Morgan fingerprint density at radius 2 is 1.84 bits per heavy atom. The number of aryl methyl sites for hydroxylation is 1. The minimum Gasteiger partial charge on any atom is -0.496 e. The number of carbonyl (C=O) groups is 2. The summed E-state index contributed by atoms with van der Waals surface area (Å²) in [7, 11) is 1.62. The van der Waals surface area contributed by atoms with E-state index in [9.17, 15) is 9.59 Å². The SMILES string of the molecule is COc1ccccc1CNC(=O)c1ccc(/C=C2/SC3CCCCC3N(Cc3cccc(C)c3)C2=O)cc1. The molecule has 196 valence electrons. The van der Waals surface area contributed by atoms with E-state index in [0.717, 1.165) is 34.6 Å². The molecule has 3 aromatic rings. The Hall–Kier alpha value is -3.51. The van der Waals surface area contributed by atoms with Crippen molar-refractivity contribution in [2.45, 2.75) is 57.0 Å². The molecule has 1 saturated heterocycles. The smallest absolute Gasteiger partial charge is 0.260 e. The first-order valence-corrected chi connectivity index (χ1v) is 14.1. The Morgan fingerprint density at radius 1 is 1.05 bits per heavy atom. The van der Waals surface area contributed by atoms with Crippen molar-refractivity contribution in [3.63, 3.8) is 0 Å². The maximum absolute atomic E-state index is 13.7. The van der Waals surface area contributed by atoms with Crippen LogP contribution in [0.4, 0.5) is 0 Å². The Morgan fingerprint density at radius 3 is 2.63 bits per heavy atom. The second-order valence-electron chi connectivity index (χ2n) is 10.1. The molecule has 5 rings (SSSR count). The van der Waals surface area contributed by atoms with Crippen molar-refractivity contribution in [1.29, 1.82) is 0 Å². The van der Waals surface area contributed by atoms with Gasteiger partial charge in [-0.25, -0.2) is 0 Å². The third-order valence-electron chi connectivity index (χ3n) is 7.36. The molecule has 2 unspecified atom stereocenters. The molecule has 1 saturated carbocycles. The summed E-state index contributed by atoms with van der Waals surface area (Å²) in [5, 5.41) is 3.39. The van der Waals surface area contributed by atoms with Gasteiger partial charge in [0.05, 0.1) is 12.0 Å². The highest BCUT2D eigenvalue weighted by atomic mass is 32.2. The average Bonchev–Trinajstić information content (AvgIpc) is 2.94. The Balaban J connectivity index is 1.30. The monoisotopic (exact) mass is 526 g/mol. The van der Waals surface area contributed by atoms with Crippen LogP contribution in [0.25, 0.3) is 6.08 Å². The van der Waals surface area contributed by atoms with Crippen LogP contribution in [0.5, 0.6) is 5.75 Å². The summed E-state index contributed by atoms with van der Waals surface area (Å²) < 4.78 is 5.37. The van der Waals surface area contributed by atoms with E-state index in [2.05, 4.69) is 41.4 Å². The van der Waals surface area contributed by atoms with Crippen LogP contribution in [0, 0.1) is 6.92 Å². The second-order valence-corrected chi connectivity index (χ2v) is 11.3. The average molecular weight is 527 g/mol. The van der Waals surface area contributed by atoms with Gasteiger partial charge in [-0.2, -0.15) is 0 Å². The lowest BCUT2D eigenvalue weighted by Gasteiger charge is -2.44. The zero-order valence-corrected chi connectivity index (χ0v) is 22.8. The minimum absolute atomic E-state index is 0.110. The van der Waals surface area contributed by atoms with Crippen LogP contribution in [-0.2, 0) is 17.9 Å². The van der Waals surface area contributed by atoms with Gasteiger partial charge in [0.1, 0.15) is 5.75 Å². The highest BCUT2D eigenvalue weighted by Crippen LogP contribution is 2.42. The predicted octanol–water partition coefficient (Wildman–Crippen LogP) is 6.36. The Kier molecular flexibility index (Phi) is 8.18. The van der Waals surface area contributed by atoms with Crippen molar-refractivity contribution < 1.29 is 14.3 Å². The quantitative estimate of drug-likeness (QED) is 0.364. The topological polar surface area (TPSA) is 58.6 Å². The lowest BCUT2D eigenvalue weighted by molar-refractivity contribution is -0.130. The second kappa shape index (κ2) is 11.9.